The molecular weight excluding hydrogens is 266 g/mol. The van der Waals surface area contributed by atoms with E-state index in [9.17, 15) is 5.11 Å². The largest absolute Gasteiger partial charge is 0.496 e. The molecule has 1 aromatic rings. The molecule has 0 unspecified atom stereocenters. The summed E-state index contributed by atoms with van der Waals surface area (Å²) in [4.78, 5) is 4.73. The topological polar surface area (TPSA) is 62.0 Å². The molecule has 1 aromatic carbocycles. The van der Waals surface area contributed by atoms with Crippen LogP contribution >= 0.6 is 0 Å². The fraction of sp³-hybridized carbons (Fsp3) is 0.625. The molecule has 1 aliphatic rings. The van der Waals surface area contributed by atoms with Crippen molar-refractivity contribution in [3.05, 3.63) is 23.8 Å². The van der Waals surface area contributed by atoms with Gasteiger partial charge in [0.25, 0.3) is 0 Å². The first-order valence-electron chi connectivity index (χ1n) is 7.47. The standard InChI is InChI=1S/C16H27N3O2/c1-16(2,20)12-19-8-6-18(7-9-19)11-13-4-5-14(17)10-15(13)21-3/h4-5,10,20H,6-9,11-12,17H2,1-3H3. The first-order chi connectivity index (χ1) is 9.87. The van der Waals surface area contributed by atoms with Gasteiger partial charge in [-0.15, -0.1) is 0 Å². The Bertz CT molecular complexity index is 463. The lowest BCUT2D eigenvalue weighted by Crippen LogP contribution is -2.50. The number of benzene rings is 1. The number of β-amino-alcohol motifs (C(OH)–C–C–N with tert-alkyl or cyclic N) is 1. The third-order valence-electron chi connectivity index (χ3n) is 3.78. The number of hydrogen-bond acceptors (Lipinski definition) is 5. The highest BCUT2D eigenvalue weighted by Gasteiger charge is 2.23. The van der Waals surface area contributed by atoms with Gasteiger partial charge in [-0.25, -0.2) is 0 Å². The third-order valence-corrected chi connectivity index (χ3v) is 3.78. The van der Waals surface area contributed by atoms with Crippen LogP contribution < -0.4 is 10.5 Å². The van der Waals surface area contributed by atoms with Gasteiger partial charge in [0.1, 0.15) is 5.75 Å². The zero-order valence-electron chi connectivity index (χ0n) is 13.3. The molecule has 0 aromatic heterocycles. The zero-order chi connectivity index (χ0) is 15.5. The van der Waals surface area contributed by atoms with Crippen LogP contribution in [0.3, 0.4) is 0 Å². The molecule has 5 nitrogen and oxygen atoms in total. The number of aliphatic hydroxyl groups is 1. The molecule has 1 fully saturated rings. The van der Waals surface area contributed by atoms with E-state index in [0.29, 0.717) is 0 Å². The molecular formula is C16H27N3O2. The summed E-state index contributed by atoms with van der Waals surface area (Å²) < 4.78 is 5.40. The number of hydrogen-bond donors (Lipinski definition) is 2. The lowest BCUT2D eigenvalue weighted by Gasteiger charge is -2.37. The molecule has 0 bridgehead atoms. The molecule has 1 heterocycles. The number of nitrogen functional groups attached to an aromatic ring is 1. The minimum Gasteiger partial charge on any atom is -0.496 e. The number of anilines is 1. The predicted molar refractivity (Wildman–Crippen MR) is 85.4 cm³/mol. The summed E-state index contributed by atoms with van der Waals surface area (Å²) in [6.07, 6.45) is 0. The minimum absolute atomic E-state index is 0.623. The van der Waals surface area contributed by atoms with Gasteiger partial charge >= 0.3 is 0 Å². The van der Waals surface area contributed by atoms with Crippen LogP contribution in [0.25, 0.3) is 0 Å². The Labute approximate surface area is 127 Å². The maximum atomic E-state index is 9.88. The van der Waals surface area contributed by atoms with Gasteiger partial charge in [-0.05, 0) is 19.9 Å². The molecule has 0 radical (unpaired) electrons. The molecule has 3 N–H and O–H groups in total. The fourth-order valence-electron chi connectivity index (χ4n) is 2.79. The van der Waals surface area contributed by atoms with Crippen molar-refractivity contribution in [3.8, 4) is 5.75 Å². The van der Waals surface area contributed by atoms with Gasteiger partial charge in [-0.3, -0.25) is 9.80 Å². The zero-order valence-corrected chi connectivity index (χ0v) is 13.3. The van der Waals surface area contributed by atoms with Crippen LogP contribution in [0.2, 0.25) is 0 Å². The highest BCUT2D eigenvalue weighted by atomic mass is 16.5. The average Bonchev–Trinajstić information content (AvgIpc) is 2.41. The van der Waals surface area contributed by atoms with Gasteiger partial charge in [0.2, 0.25) is 0 Å². The molecule has 0 aliphatic carbocycles. The summed E-state index contributed by atoms with van der Waals surface area (Å²) in [5, 5.41) is 9.88. The van der Waals surface area contributed by atoms with Crippen molar-refractivity contribution >= 4 is 5.69 Å². The highest BCUT2D eigenvalue weighted by Crippen LogP contribution is 2.23. The van der Waals surface area contributed by atoms with Crippen LogP contribution in [0.15, 0.2) is 18.2 Å². The van der Waals surface area contributed by atoms with Crippen LogP contribution in [-0.2, 0) is 6.54 Å². The molecule has 0 atom stereocenters. The molecule has 1 saturated heterocycles. The van der Waals surface area contributed by atoms with Gasteiger partial charge in [-0.2, -0.15) is 0 Å². The Balaban J connectivity index is 1.89. The molecule has 0 spiro atoms. The van der Waals surface area contributed by atoms with E-state index >= 15 is 0 Å². The summed E-state index contributed by atoms with van der Waals surface area (Å²) in [6.45, 7) is 9.30. The van der Waals surface area contributed by atoms with E-state index in [1.54, 1.807) is 7.11 Å². The van der Waals surface area contributed by atoms with Gasteiger partial charge in [0.05, 0.1) is 12.7 Å². The number of nitrogens with zero attached hydrogens (tertiary/aromatic N) is 2. The molecule has 2 rings (SSSR count). The Morgan fingerprint density at radius 2 is 1.81 bits per heavy atom. The molecule has 5 heteroatoms. The van der Waals surface area contributed by atoms with Crippen LogP contribution in [0, 0.1) is 0 Å². The van der Waals surface area contributed by atoms with Crippen LogP contribution in [0.4, 0.5) is 5.69 Å². The van der Waals surface area contributed by atoms with Gasteiger partial charge in [0.15, 0.2) is 0 Å². The van der Waals surface area contributed by atoms with Gasteiger partial charge in [0, 0.05) is 56.6 Å². The maximum absolute atomic E-state index is 9.88. The molecule has 0 saturated carbocycles. The van der Waals surface area contributed by atoms with E-state index in [1.807, 2.05) is 32.0 Å². The molecule has 0 amide bonds. The van der Waals surface area contributed by atoms with Crippen molar-refractivity contribution in [1.82, 2.24) is 9.80 Å². The van der Waals surface area contributed by atoms with E-state index in [0.717, 1.165) is 50.7 Å². The lowest BCUT2D eigenvalue weighted by atomic mass is 10.1. The normalized spacial score (nSPS) is 17.9. The third kappa shape index (κ3) is 4.88. The first kappa shape index (κ1) is 16.1. The Morgan fingerprint density at radius 3 is 2.38 bits per heavy atom. The van der Waals surface area contributed by atoms with Gasteiger partial charge < -0.3 is 15.6 Å². The second-order valence-electron chi connectivity index (χ2n) is 6.44. The summed E-state index contributed by atoms with van der Waals surface area (Å²) >= 11 is 0. The smallest absolute Gasteiger partial charge is 0.125 e. The average molecular weight is 293 g/mol. The quantitative estimate of drug-likeness (QED) is 0.798. The van der Waals surface area contributed by atoms with Crippen molar-refractivity contribution in [1.29, 1.82) is 0 Å². The summed E-state index contributed by atoms with van der Waals surface area (Å²) in [5.41, 5.74) is 7.06. The van der Waals surface area contributed by atoms with Crippen LogP contribution in [0.1, 0.15) is 19.4 Å². The summed E-state index contributed by atoms with van der Waals surface area (Å²) in [5.74, 6) is 0.855. The van der Waals surface area contributed by atoms with Crippen molar-refractivity contribution in [2.24, 2.45) is 0 Å². The highest BCUT2D eigenvalue weighted by molar-refractivity contribution is 5.48. The fourth-order valence-corrected chi connectivity index (χ4v) is 2.79. The number of piperazine rings is 1. The Kier molecular flexibility index (Phi) is 5.08. The van der Waals surface area contributed by atoms with E-state index < -0.39 is 5.60 Å². The van der Waals surface area contributed by atoms with E-state index in [2.05, 4.69) is 9.80 Å². The minimum atomic E-state index is -0.623. The monoisotopic (exact) mass is 293 g/mol. The molecule has 118 valence electrons. The van der Waals surface area contributed by atoms with E-state index in [1.165, 1.54) is 5.56 Å². The Hall–Kier alpha value is -1.30. The van der Waals surface area contributed by atoms with Crippen molar-refractivity contribution in [3.63, 3.8) is 0 Å². The second kappa shape index (κ2) is 6.64. The van der Waals surface area contributed by atoms with Crippen molar-refractivity contribution in [2.45, 2.75) is 26.0 Å². The summed E-state index contributed by atoms with van der Waals surface area (Å²) in [6, 6.07) is 5.83. The Morgan fingerprint density at radius 1 is 1.19 bits per heavy atom. The maximum Gasteiger partial charge on any atom is 0.125 e. The molecule has 1 aliphatic heterocycles. The first-order valence-corrected chi connectivity index (χ1v) is 7.47. The van der Waals surface area contributed by atoms with Crippen LogP contribution in [-0.4, -0.2) is 60.3 Å². The number of ether oxygens (including phenoxy) is 1. The molecule has 21 heavy (non-hydrogen) atoms. The van der Waals surface area contributed by atoms with Crippen molar-refractivity contribution < 1.29 is 9.84 Å². The second-order valence-corrected chi connectivity index (χ2v) is 6.44. The van der Waals surface area contributed by atoms with Gasteiger partial charge in [-0.1, -0.05) is 6.07 Å². The predicted octanol–water partition coefficient (Wildman–Crippen LogP) is 1.17. The van der Waals surface area contributed by atoms with Crippen molar-refractivity contribution in [2.75, 3.05) is 45.6 Å². The summed E-state index contributed by atoms with van der Waals surface area (Å²) in [7, 11) is 1.68. The SMILES string of the molecule is COc1cc(N)ccc1CN1CCN(CC(C)(C)O)CC1. The number of rotatable bonds is 5. The lowest BCUT2D eigenvalue weighted by molar-refractivity contribution is 0.0166. The van der Waals surface area contributed by atoms with Crippen LogP contribution in [0.5, 0.6) is 5.75 Å². The number of nitrogens with two attached hydrogens (primary N) is 1. The number of methoxy groups -OCH3 is 1. The van der Waals surface area contributed by atoms with E-state index in [4.69, 9.17) is 10.5 Å². The van der Waals surface area contributed by atoms with E-state index in [-0.39, 0.29) is 0 Å².